The van der Waals surface area contributed by atoms with Crippen molar-refractivity contribution in [2.45, 2.75) is 25.2 Å². The van der Waals surface area contributed by atoms with Gasteiger partial charge in [0, 0.05) is 23.9 Å². The molecule has 142 valence electrons. The van der Waals surface area contributed by atoms with Gasteiger partial charge in [-0.2, -0.15) is 13.2 Å². The molecule has 0 spiro atoms. The van der Waals surface area contributed by atoms with Gasteiger partial charge in [-0.15, -0.1) is 0 Å². The molecule has 0 aliphatic carbocycles. The molecule has 0 saturated carbocycles. The average molecular weight is 378 g/mol. The highest BCUT2D eigenvalue weighted by molar-refractivity contribution is 6.13. The van der Waals surface area contributed by atoms with Crippen LogP contribution in [0.15, 0.2) is 36.4 Å². The molecule has 4 rings (SSSR count). The Balaban J connectivity index is 1.72. The summed E-state index contributed by atoms with van der Waals surface area (Å²) in [7, 11) is 0. The van der Waals surface area contributed by atoms with Gasteiger partial charge >= 0.3 is 6.18 Å². The van der Waals surface area contributed by atoms with Crippen LogP contribution in [0.25, 0.3) is 0 Å². The molecule has 5 nitrogen and oxygen atoms in total. The molecule has 2 aliphatic heterocycles. The molecule has 2 heterocycles. The van der Waals surface area contributed by atoms with Crippen LogP contribution in [0.2, 0.25) is 0 Å². The van der Waals surface area contributed by atoms with Crippen LogP contribution >= 0.6 is 0 Å². The molecule has 0 bridgehead atoms. The van der Waals surface area contributed by atoms with Crippen LogP contribution in [-0.2, 0) is 17.5 Å². The van der Waals surface area contributed by atoms with Crippen molar-refractivity contribution < 1.29 is 27.4 Å². The molecule has 0 radical (unpaired) electrons. The van der Waals surface area contributed by atoms with Gasteiger partial charge in [0.05, 0.1) is 30.9 Å². The Bertz CT molecular complexity index is 892. The van der Waals surface area contributed by atoms with E-state index in [9.17, 15) is 18.0 Å². The zero-order chi connectivity index (χ0) is 19.2. The number of anilines is 2. The minimum absolute atomic E-state index is 0.0621. The zero-order valence-corrected chi connectivity index (χ0v) is 14.3. The van der Waals surface area contributed by atoms with Crippen molar-refractivity contribution in [1.82, 2.24) is 0 Å². The van der Waals surface area contributed by atoms with Gasteiger partial charge in [0.15, 0.2) is 0 Å². The highest BCUT2D eigenvalue weighted by atomic mass is 19.4. The van der Waals surface area contributed by atoms with Gasteiger partial charge in [0.25, 0.3) is 5.91 Å². The number of nitrogen functional groups attached to an aromatic ring is 1. The van der Waals surface area contributed by atoms with Crippen molar-refractivity contribution in [2.75, 3.05) is 23.8 Å². The second-order valence-corrected chi connectivity index (χ2v) is 6.59. The van der Waals surface area contributed by atoms with Crippen LogP contribution in [0.4, 0.5) is 24.5 Å². The third kappa shape index (κ3) is 3.32. The number of hydrogen-bond donors (Lipinski definition) is 1. The molecular weight excluding hydrogens is 361 g/mol. The highest BCUT2D eigenvalue weighted by Crippen LogP contribution is 2.38. The Kier molecular flexibility index (Phi) is 4.22. The number of rotatable bonds is 3. The number of carbonyl (C=O) groups is 1. The molecule has 1 fully saturated rings. The number of fused-ring (bicyclic) bond motifs is 1. The van der Waals surface area contributed by atoms with Crippen LogP contribution < -0.4 is 15.4 Å². The molecule has 1 unspecified atom stereocenters. The summed E-state index contributed by atoms with van der Waals surface area (Å²) in [5, 5.41) is 0. The van der Waals surface area contributed by atoms with E-state index < -0.39 is 17.6 Å². The molecule has 2 aromatic carbocycles. The van der Waals surface area contributed by atoms with Crippen molar-refractivity contribution in [2.24, 2.45) is 0 Å². The van der Waals surface area contributed by atoms with Gasteiger partial charge in [-0.25, -0.2) is 0 Å². The Morgan fingerprint density at radius 3 is 2.70 bits per heavy atom. The van der Waals surface area contributed by atoms with E-state index in [4.69, 9.17) is 15.2 Å². The average Bonchev–Trinajstić information content (AvgIpc) is 3.22. The minimum atomic E-state index is -4.56. The molecule has 2 aromatic rings. The third-order valence-electron chi connectivity index (χ3n) is 4.69. The fourth-order valence-electron chi connectivity index (χ4n) is 3.37. The second-order valence-electron chi connectivity index (χ2n) is 6.59. The lowest BCUT2D eigenvalue weighted by Gasteiger charge is -2.21. The molecule has 2 aliphatic rings. The summed E-state index contributed by atoms with van der Waals surface area (Å²) < 4.78 is 51.0. The topological polar surface area (TPSA) is 64.8 Å². The van der Waals surface area contributed by atoms with E-state index in [1.807, 2.05) is 0 Å². The number of nitrogens with two attached hydrogens (primary N) is 1. The van der Waals surface area contributed by atoms with Crippen LogP contribution in [0.1, 0.15) is 27.9 Å². The number of halogens is 3. The monoisotopic (exact) mass is 378 g/mol. The van der Waals surface area contributed by atoms with Crippen molar-refractivity contribution in [3.63, 3.8) is 0 Å². The Morgan fingerprint density at radius 1 is 1.22 bits per heavy atom. The maximum atomic E-state index is 13.4. The predicted octanol–water partition coefficient (Wildman–Crippen LogP) is 3.62. The fourth-order valence-corrected chi connectivity index (χ4v) is 3.37. The van der Waals surface area contributed by atoms with E-state index in [-0.39, 0.29) is 24.1 Å². The van der Waals surface area contributed by atoms with E-state index >= 15 is 0 Å². The summed E-state index contributed by atoms with van der Waals surface area (Å²) in [6, 6.07) is 8.41. The maximum absolute atomic E-state index is 13.4. The van der Waals surface area contributed by atoms with Crippen molar-refractivity contribution >= 4 is 17.3 Å². The lowest BCUT2D eigenvalue weighted by Crippen LogP contribution is -2.24. The molecule has 0 aromatic heterocycles. The van der Waals surface area contributed by atoms with Gasteiger partial charge in [0.2, 0.25) is 0 Å². The number of nitrogens with zero attached hydrogens (tertiary/aromatic N) is 1. The zero-order valence-electron chi connectivity index (χ0n) is 14.3. The van der Waals surface area contributed by atoms with Crippen LogP contribution in [0.3, 0.4) is 0 Å². The Morgan fingerprint density at radius 2 is 2.04 bits per heavy atom. The summed E-state index contributed by atoms with van der Waals surface area (Å²) >= 11 is 0. The molecule has 1 atom stereocenters. The van der Waals surface area contributed by atoms with Gasteiger partial charge < -0.3 is 20.1 Å². The van der Waals surface area contributed by atoms with Gasteiger partial charge in [-0.1, -0.05) is 12.1 Å². The normalized spacial score (nSPS) is 19.4. The quantitative estimate of drug-likeness (QED) is 0.829. The lowest BCUT2D eigenvalue weighted by molar-refractivity contribution is -0.137. The molecule has 8 heteroatoms. The van der Waals surface area contributed by atoms with E-state index in [0.29, 0.717) is 36.4 Å². The molecule has 1 amide bonds. The largest absolute Gasteiger partial charge is 0.488 e. The first-order valence-corrected chi connectivity index (χ1v) is 8.49. The number of amides is 1. The summed E-state index contributed by atoms with van der Waals surface area (Å²) in [5.41, 5.74) is 6.46. The van der Waals surface area contributed by atoms with Gasteiger partial charge in [0.1, 0.15) is 11.9 Å². The van der Waals surface area contributed by atoms with E-state index in [2.05, 4.69) is 0 Å². The highest BCUT2D eigenvalue weighted by Gasteiger charge is 2.35. The smallest absolute Gasteiger partial charge is 0.416 e. The van der Waals surface area contributed by atoms with Gasteiger partial charge in [-0.05, 0) is 23.8 Å². The number of benzene rings is 2. The van der Waals surface area contributed by atoms with Crippen molar-refractivity contribution in [3.8, 4) is 5.75 Å². The minimum Gasteiger partial charge on any atom is -0.488 e. The summed E-state index contributed by atoms with van der Waals surface area (Å²) in [6.45, 7) is 0.998. The lowest BCUT2D eigenvalue weighted by atomic mass is 10.1. The predicted molar refractivity (Wildman–Crippen MR) is 92.7 cm³/mol. The standard InChI is InChI=1S/C19H17F3N2O3/c20-19(21,22)12-6-13(8-15(7-12)27-14-4-5-26-10-14)24-9-11-2-1-3-16(23)17(11)18(24)25/h1-3,6-8,14H,4-5,9-10,23H2. The van der Waals surface area contributed by atoms with E-state index in [1.54, 1.807) is 18.2 Å². The first-order valence-electron chi connectivity index (χ1n) is 8.49. The second kappa shape index (κ2) is 6.45. The molecule has 27 heavy (non-hydrogen) atoms. The third-order valence-corrected chi connectivity index (χ3v) is 4.69. The summed E-state index contributed by atoms with van der Waals surface area (Å²) in [5.74, 6) is -0.357. The first-order chi connectivity index (χ1) is 12.8. The van der Waals surface area contributed by atoms with Crippen LogP contribution in [0.5, 0.6) is 5.75 Å². The SMILES string of the molecule is Nc1cccc2c1C(=O)N(c1cc(OC3CCOC3)cc(C(F)(F)F)c1)C2. The van der Waals surface area contributed by atoms with Crippen LogP contribution in [0, 0.1) is 0 Å². The number of carbonyl (C=O) groups excluding carboxylic acids is 1. The molecular formula is C19H17F3N2O3. The Labute approximate surface area is 153 Å². The molecule has 2 N–H and O–H groups in total. The number of hydrogen-bond acceptors (Lipinski definition) is 4. The summed E-state index contributed by atoms with van der Waals surface area (Å²) in [6.07, 6.45) is -4.26. The first kappa shape index (κ1) is 17.7. The number of ether oxygens (including phenoxy) is 2. The van der Waals surface area contributed by atoms with Crippen molar-refractivity contribution in [3.05, 3.63) is 53.1 Å². The van der Waals surface area contributed by atoms with Crippen LogP contribution in [-0.4, -0.2) is 25.2 Å². The van der Waals surface area contributed by atoms with E-state index in [0.717, 1.165) is 12.1 Å². The molecule has 1 saturated heterocycles. The number of alkyl halides is 3. The van der Waals surface area contributed by atoms with Crippen molar-refractivity contribution in [1.29, 1.82) is 0 Å². The van der Waals surface area contributed by atoms with E-state index in [1.165, 1.54) is 11.0 Å². The maximum Gasteiger partial charge on any atom is 0.416 e. The summed E-state index contributed by atoms with van der Waals surface area (Å²) in [4.78, 5) is 14.0. The fraction of sp³-hybridized carbons (Fsp3) is 0.316. The van der Waals surface area contributed by atoms with Gasteiger partial charge in [-0.3, -0.25) is 4.79 Å². The Hall–Kier alpha value is -2.74.